The summed E-state index contributed by atoms with van der Waals surface area (Å²) >= 11 is 1.86. The monoisotopic (exact) mass is 359 g/mol. The molecule has 1 aliphatic heterocycles. The second-order valence-corrected chi connectivity index (χ2v) is 7.87. The number of nitrogens with zero attached hydrogens (tertiary/aromatic N) is 3. The molecule has 2 aromatic heterocycles. The topological polar surface area (TPSA) is 66.5 Å². The molecule has 0 spiro atoms. The number of hydrogen-bond donors (Lipinski definition) is 2. The zero-order valence-corrected chi connectivity index (χ0v) is 15.3. The van der Waals surface area contributed by atoms with Crippen molar-refractivity contribution in [2.75, 3.05) is 5.32 Å². The lowest BCUT2D eigenvalue weighted by Gasteiger charge is -2.24. The van der Waals surface area contributed by atoms with Crippen molar-refractivity contribution in [2.45, 2.75) is 24.0 Å². The van der Waals surface area contributed by atoms with Crippen LogP contribution in [0.5, 0.6) is 0 Å². The van der Waals surface area contributed by atoms with Crippen LogP contribution >= 0.6 is 11.8 Å². The largest absolute Gasteiger partial charge is 0.324 e. The fourth-order valence-corrected chi connectivity index (χ4v) is 4.38. The van der Waals surface area contributed by atoms with Gasteiger partial charge in [0, 0.05) is 27.5 Å². The average Bonchev–Trinajstić information content (AvgIpc) is 3.05. The van der Waals surface area contributed by atoms with Crippen molar-refractivity contribution in [3.05, 3.63) is 59.8 Å². The molecule has 26 heavy (non-hydrogen) atoms. The quantitative estimate of drug-likeness (QED) is 0.512. The van der Waals surface area contributed by atoms with E-state index in [4.69, 9.17) is 4.98 Å². The summed E-state index contributed by atoms with van der Waals surface area (Å²) in [6.07, 6.45) is 1.93. The number of nitrogens with one attached hydrogen (secondary N) is 2. The molecule has 5 nitrogen and oxygen atoms in total. The lowest BCUT2D eigenvalue weighted by molar-refractivity contribution is 1.01. The Morgan fingerprint density at radius 2 is 2.00 bits per heavy atom. The summed E-state index contributed by atoms with van der Waals surface area (Å²) in [4.78, 5) is 18.4. The standard InChI is InChI=1S/C20H17N5S/c1-11-7-8-17-13(9-11)18-14(12(2)26-17)10-21-19(24-18)25-20-22-15-5-3-4-6-16(15)23-20/h3-10,12H,1-2H3,(H2,21,22,23,24,25). The van der Waals surface area contributed by atoms with Crippen molar-refractivity contribution < 1.29 is 0 Å². The molecule has 3 heterocycles. The first kappa shape index (κ1) is 15.4. The lowest BCUT2D eigenvalue weighted by atomic mass is 10.0. The van der Waals surface area contributed by atoms with E-state index in [-0.39, 0.29) is 0 Å². The normalized spacial score (nSPS) is 15.5. The van der Waals surface area contributed by atoms with Gasteiger partial charge in [-0.1, -0.05) is 23.8 Å². The molecule has 4 aromatic rings. The highest BCUT2D eigenvalue weighted by Gasteiger charge is 2.24. The van der Waals surface area contributed by atoms with Crippen LogP contribution in [0.25, 0.3) is 22.3 Å². The third kappa shape index (κ3) is 2.54. The Hall–Kier alpha value is -2.86. The highest BCUT2D eigenvalue weighted by atomic mass is 32.2. The van der Waals surface area contributed by atoms with Crippen LogP contribution in [0, 0.1) is 6.92 Å². The molecule has 0 saturated carbocycles. The number of para-hydroxylation sites is 2. The van der Waals surface area contributed by atoms with E-state index in [1.807, 2.05) is 42.2 Å². The number of H-pyrrole nitrogens is 1. The number of thioether (sulfide) groups is 1. The van der Waals surface area contributed by atoms with Gasteiger partial charge in [0.15, 0.2) is 0 Å². The first-order chi connectivity index (χ1) is 12.7. The molecule has 0 amide bonds. The van der Waals surface area contributed by atoms with E-state index in [1.165, 1.54) is 21.6 Å². The van der Waals surface area contributed by atoms with Gasteiger partial charge in [0.1, 0.15) is 0 Å². The van der Waals surface area contributed by atoms with Crippen LogP contribution in [0.1, 0.15) is 23.3 Å². The van der Waals surface area contributed by atoms with Crippen LogP contribution in [0.2, 0.25) is 0 Å². The number of rotatable bonds is 2. The Morgan fingerprint density at radius 1 is 1.12 bits per heavy atom. The number of fused-ring (bicyclic) bond motifs is 4. The van der Waals surface area contributed by atoms with Crippen molar-refractivity contribution in [3.8, 4) is 11.3 Å². The van der Waals surface area contributed by atoms with Crippen LogP contribution in [0.4, 0.5) is 11.9 Å². The van der Waals surface area contributed by atoms with Gasteiger partial charge in [0.05, 0.1) is 16.7 Å². The number of aromatic nitrogens is 4. The Bertz CT molecular complexity index is 1100. The molecule has 1 unspecified atom stereocenters. The summed E-state index contributed by atoms with van der Waals surface area (Å²) < 4.78 is 0. The van der Waals surface area contributed by atoms with Gasteiger partial charge in [-0.2, -0.15) is 0 Å². The van der Waals surface area contributed by atoms with E-state index in [9.17, 15) is 0 Å². The molecular weight excluding hydrogens is 342 g/mol. The molecular formula is C20H17N5S. The van der Waals surface area contributed by atoms with Crippen LogP contribution in [-0.4, -0.2) is 19.9 Å². The number of anilines is 2. The molecule has 0 aliphatic carbocycles. The molecule has 1 atom stereocenters. The van der Waals surface area contributed by atoms with Crippen molar-refractivity contribution in [1.82, 2.24) is 19.9 Å². The predicted molar refractivity (Wildman–Crippen MR) is 106 cm³/mol. The van der Waals surface area contributed by atoms with Crippen LogP contribution in [0.15, 0.2) is 53.6 Å². The molecule has 0 bridgehead atoms. The van der Waals surface area contributed by atoms with Crippen LogP contribution in [0.3, 0.4) is 0 Å². The van der Waals surface area contributed by atoms with Gasteiger partial charge < -0.3 is 4.98 Å². The third-order valence-electron chi connectivity index (χ3n) is 4.57. The SMILES string of the molecule is Cc1ccc2c(c1)-c1nc(Nc3nc4ccccc4[nH]3)ncc1C(C)S2. The zero-order chi connectivity index (χ0) is 17.7. The fraction of sp³-hybridized carbons (Fsp3) is 0.150. The molecule has 6 heteroatoms. The van der Waals surface area contributed by atoms with Gasteiger partial charge in [-0.25, -0.2) is 15.0 Å². The van der Waals surface area contributed by atoms with E-state index in [2.05, 4.69) is 52.3 Å². The summed E-state index contributed by atoms with van der Waals surface area (Å²) in [5, 5.41) is 3.54. The van der Waals surface area contributed by atoms with E-state index < -0.39 is 0 Å². The smallest absolute Gasteiger partial charge is 0.230 e. The Kier molecular flexibility index (Phi) is 3.46. The molecule has 2 N–H and O–H groups in total. The summed E-state index contributed by atoms with van der Waals surface area (Å²) in [7, 11) is 0. The summed E-state index contributed by atoms with van der Waals surface area (Å²) in [6.45, 7) is 4.30. The number of imidazole rings is 1. The molecule has 0 fully saturated rings. The highest BCUT2D eigenvalue weighted by Crippen LogP contribution is 2.48. The van der Waals surface area contributed by atoms with Gasteiger partial charge in [-0.05, 0) is 38.1 Å². The minimum Gasteiger partial charge on any atom is -0.324 e. The fourth-order valence-electron chi connectivity index (χ4n) is 3.27. The van der Waals surface area contributed by atoms with Crippen molar-refractivity contribution >= 4 is 34.7 Å². The maximum atomic E-state index is 4.82. The van der Waals surface area contributed by atoms with E-state index in [1.54, 1.807) is 0 Å². The Balaban J connectivity index is 1.57. The minimum atomic E-state index is 0.334. The average molecular weight is 359 g/mol. The molecule has 0 radical (unpaired) electrons. The minimum absolute atomic E-state index is 0.334. The maximum Gasteiger partial charge on any atom is 0.230 e. The molecule has 1 aliphatic rings. The van der Waals surface area contributed by atoms with Gasteiger partial charge in [0.25, 0.3) is 0 Å². The van der Waals surface area contributed by atoms with Crippen LogP contribution < -0.4 is 5.32 Å². The van der Waals surface area contributed by atoms with Gasteiger partial charge in [-0.15, -0.1) is 11.8 Å². The summed E-state index contributed by atoms with van der Waals surface area (Å²) in [5.74, 6) is 1.20. The van der Waals surface area contributed by atoms with Gasteiger partial charge in [0.2, 0.25) is 11.9 Å². The van der Waals surface area contributed by atoms with Gasteiger partial charge in [-0.3, -0.25) is 5.32 Å². The van der Waals surface area contributed by atoms with Crippen molar-refractivity contribution in [2.24, 2.45) is 0 Å². The second-order valence-electron chi connectivity index (χ2n) is 6.48. The van der Waals surface area contributed by atoms with E-state index in [0.717, 1.165) is 16.7 Å². The predicted octanol–water partition coefficient (Wildman–Crippen LogP) is 5.24. The maximum absolute atomic E-state index is 4.82. The molecule has 128 valence electrons. The van der Waals surface area contributed by atoms with E-state index in [0.29, 0.717) is 17.1 Å². The Labute approximate surface area is 155 Å². The molecule has 0 saturated heterocycles. The van der Waals surface area contributed by atoms with Crippen molar-refractivity contribution in [3.63, 3.8) is 0 Å². The number of aromatic amines is 1. The second kappa shape index (κ2) is 5.85. The summed E-state index contributed by atoms with van der Waals surface area (Å²) in [6, 6.07) is 14.5. The third-order valence-corrected chi connectivity index (χ3v) is 5.79. The number of benzene rings is 2. The van der Waals surface area contributed by atoms with E-state index >= 15 is 0 Å². The zero-order valence-electron chi connectivity index (χ0n) is 14.4. The number of hydrogen-bond acceptors (Lipinski definition) is 5. The lowest BCUT2D eigenvalue weighted by Crippen LogP contribution is -2.07. The molecule has 2 aromatic carbocycles. The van der Waals surface area contributed by atoms with Crippen LogP contribution in [-0.2, 0) is 0 Å². The van der Waals surface area contributed by atoms with Gasteiger partial charge >= 0.3 is 0 Å². The highest BCUT2D eigenvalue weighted by molar-refractivity contribution is 7.99. The first-order valence-corrected chi connectivity index (χ1v) is 9.42. The molecule has 5 rings (SSSR count). The number of aryl methyl sites for hydroxylation is 1. The Morgan fingerprint density at radius 3 is 2.88 bits per heavy atom. The first-order valence-electron chi connectivity index (χ1n) is 8.54. The van der Waals surface area contributed by atoms with Crippen molar-refractivity contribution in [1.29, 1.82) is 0 Å². The summed E-state index contributed by atoms with van der Waals surface area (Å²) in [5.41, 5.74) is 6.48.